The highest BCUT2D eigenvalue weighted by Gasteiger charge is 2.45. The summed E-state index contributed by atoms with van der Waals surface area (Å²) in [4.78, 5) is 19.9. The van der Waals surface area contributed by atoms with Gasteiger partial charge in [0, 0.05) is 23.6 Å². The molecule has 2 amide bonds. The fourth-order valence-corrected chi connectivity index (χ4v) is 2.85. The maximum atomic E-state index is 13.9. The minimum atomic E-state index is -5.00. The van der Waals surface area contributed by atoms with Crippen LogP contribution in [0.15, 0.2) is 28.9 Å². The van der Waals surface area contributed by atoms with Crippen LogP contribution in [0.2, 0.25) is 0 Å². The molecule has 0 aliphatic carbocycles. The van der Waals surface area contributed by atoms with Crippen LogP contribution < -0.4 is 16.0 Å². The zero-order valence-corrected chi connectivity index (χ0v) is 16.7. The highest BCUT2D eigenvalue weighted by molar-refractivity contribution is 5.89. The molecule has 1 aromatic carbocycles. The predicted octanol–water partition coefficient (Wildman–Crippen LogP) is 4.03. The molecule has 0 aliphatic rings. The van der Waals surface area contributed by atoms with Gasteiger partial charge in [-0.3, -0.25) is 0 Å². The second-order valence-electron chi connectivity index (χ2n) is 6.95. The molecule has 2 heterocycles. The summed E-state index contributed by atoms with van der Waals surface area (Å²) in [6.45, 7) is 2.91. The maximum Gasteiger partial charge on any atom is 0.416 e. The van der Waals surface area contributed by atoms with E-state index in [4.69, 9.17) is 4.42 Å². The number of nitrogens with one attached hydrogen (secondary N) is 3. The zero-order chi connectivity index (χ0) is 23.6. The summed E-state index contributed by atoms with van der Waals surface area (Å²) in [5.74, 6) is -2.79. The van der Waals surface area contributed by atoms with Crippen LogP contribution in [-0.4, -0.2) is 39.9 Å². The lowest BCUT2D eigenvalue weighted by molar-refractivity contribution is -0.158. The Kier molecular flexibility index (Phi) is 6.48. The number of halogens is 5. The van der Waals surface area contributed by atoms with E-state index < -0.39 is 47.3 Å². The molecule has 0 bridgehead atoms. The largest absolute Gasteiger partial charge is 0.455 e. The first-order valence-corrected chi connectivity index (χ1v) is 9.22. The summed E-state index contributed by atoms with van der Waals surface area (Å²) in [6, 6.07) is -2.56. The van der Waals surface area contributed by atoms with E-state index in [0.717, 1.165) is 18.5 Å². The van der Waals surface area contributed by atoms with Gasteiger partial charge in [0.25, 0.3) is 0 Å². The van der Waals surface area contributed by atoms with E-state index in [1.54, 1.807) is 12.2 Å². The molecule has 3 rings (SSSR count). The van der Waals surface area contributed by atoms with Crippen molar-refractivity contribution in [3.8, 4) is 0 Å². The number of rotatable bonds is 6. The molecule has 8 nitrogen and oxygen atoms in total. The van der Waals surface area contributed by atoms with Gasteiger partial charge in [0.15, 0.2) is 17.4 Å². The van der Waals surface area contributed by atoms with Gasteiger partial charge in [0.1, 0.15) is 11.6 Å². The predicted molar refractivity (Wildman–Crippen MR) is 104 cm³/mol. The van der Waals surface area contributed by atoms with Gasteiger partial charge in [0.05, 0.1) is 24.2 Å². The molecule has 13 heteroatoms. The van der Waals surface area contributed by atoms with Crippen molar-refractivity contribution in [2.75, 3.05) is 17.2 Å². The molecule has 0 radical (unpaired) electrons. The lowest BCUT2D eigenvalue weighted by Gasteiger charge is -2.20. The van der Waals surface area contributed by atoms with E-state index in [9.17, 15) is 31.9 Å². The van der Waals surface area contributed by atoms with Crippen LogP contribution in [0.5, 0.6) is 0 Å². The summed E-state index contributed by atoms with van der Waals surface area (Å²) in [5, 5.41) is 15.6. The number of carbonyl (C=O) groups excluding carboxylic acids is 1. The number of aromatic nitrogens is 2. The SMILES string of the molecule is Cc1c(C(NC(=O)Nc2cnc(NC[C@H](C)O)nc2)C(F)(F)F)oc2c(F)cc(F)cc12. The molecule has 0 saturated carbocycles. The number of aryl methyl sites for hydroxylation is 1. The Morgan fingerprint density at radius 2 is 1.88 bits per heavy atom. The number of alkyl halides is 3. The van der Waals surface area contributed by atoms with Crippen LogP contribution in [0.4, 0.5) is 38.4 Å². The standard InChI is InChI=1S/C19H18F5N5O3/c1-8(30)5-25-17-26-6-11(7-27-17)28-18(31)29-16(19(22,23)24)14-9(2)12-3-10(20)4-13(21)15(12)32-14/h3-4,6-8,16,30H,5H2,1-2H3,(H,25,26,27)(H2,28,29,31)/t8-,16?/m0/s1. The fraction of sp³-hybridized carbons (Fsp3) is 0.316. The smallest absolute Gasteiger partial charge is 0.416 e. The van der Waals surface area contributed by atoms with Crippen molar-refractivity contribution in [1.82, 2.24) is 15.3 Å². The van der Waals surface area contributed by atoms with Crippen molar-refractivity contribution in [3.05, 3.63) is 47.5 Å². The number of urea groups is 1. The molecular formula is C19H18F5N5O3. The van der Waals surface area contributed by atoms with Crippen LogP contribution in [0, 0.1) is 18.6 Å². The van der Waals surface area contributed by atoms with Crippen molar-refractivity contribution in [3.63, 3.8) is 0 Å². The normalized spacial score (nSPS) is 13.6. The Hall–Kier alpha value is -3.48. The second-order valence-corrected chi connectivity index (χ2v) is 6.95. The number of amides is 2. The Morgan fingerprint density at radius 1 is 1.22 bits per heavy atom. The maximum absolute atomic E-state index is 13.9. The molecular weight excluding hydrogens is 441 g/mol. The second kappa shape index (κ2) is 8.94. The first kappa shape index (κ1) is 23.2. The first-order chi connectivity index (χ1) is 15.0. The topological polar surface area (TPSA) is 112 Å². The van der Waals surface area contributed by atoms with Crippen LogP contribution in [0.1, 0.15) is 24.3 Å². The number of fused-ring (bicyclic) bond motifs is 1. The number of aliphatic hydroxyl groups is 1. The third kappa shape index (κ3) is 5.22. The molecule has 32 heavy (non-hydrogen) atoms. The number of nitrogens with zero attached hydrogens (tertiary/aromatic N) is 2. The number of hydrogen-bond acceptors (Lipinski definition) is 6. The number of hydrogen-bond donors (Lipinski definition) is 4. The fourth-order valence-electron chi connectivity index (χ4n) is 2.85. The number of benzene rings is 1. The minimum Gasteiger partial charge on any atom is -0.455 e. The van der Waals surface area contributed by atoms with E-state index in [1.807, 2.05) is 0 Å². The van der Waals surface area contributed by atoms with Gasteiger partial charge in [0.2, 0.25) is 5.95 Å². The Bertz CT molecular complexity index is 1120. The molecule has 0 fully saturated rings. The Labute approximate surface area is 177 Å². The molecule has 172 valence electrons. The molecule has 0 aliphatic heterocycles. The van der Waals surface area contributed by atoms with Crippen LogP contribution in [0.25, 0.3) is 11.0 Å². The molecule has 1 unspecified atom stereocenters. The van der Waals surface area contributed by atoms with Crippen molar-refractivity contribution < 1.29 is 36.3 Å². The molecule has 3 aromatic rings. The molecule has 2 aromatic heterocycles. The van der Waals surface area contributed by atoms with E-state index in [0.29, 0.717) is 6.07 Å². The van der Waals surface area contributed by atoms with Gasteiger partial charge in [-0.1, -0.05) is 0 Å². The summed E-state index contributed by atoms with van der Waals surface area (Å²) in [5.41, 5.74) is -0.734. The van der Waals surface area contributed by atoms with Crippen molar-refractivity contribution in [2.24, 2.45) is 0 Å². The highest BCUT2D eigenvalue weighted by atomic mass is 19.4. The Morgan fingerprint density at radius 3 is 2.47 bits per heavy atom. The molecule has 4 N–H and O–H groups in total. The van der Waals surface area contributed by atoms with Gasteiger partial charge in [-0.15, -0.1) is 0 Å². The third-order valence-electron chi connectivity index (χ3n) is 4.32. The van der Waals surface area contributed by atoms with Crippen molar-refractivity contribution in [2.45, 2.75) is 32.2 Å². The highest BCUT2D eigenvalue weighted by Crippen LogP contribution is 2.39. The summed E-state index contributed by atoms with van der Waals surface area (Å²) in [6.07, 6.45) is -3.38. The van der Waals surface area contributed by atoms with Gasteiger partial charge in [-0.05, 0) is 19.9 Å². The minimum absolute atomic E-state index is 0.0135. The first-order valence-electron chi connectivity index (χ1n) is 9.22. The van der Waals surface area contributed by atoms with E-state index in [2.05, 4.69) is 20.6 Å². The van der Waals surface area contributed by atoms with Crippen LogP contribution in [0.3, 0.4) is 0 Å². The number of aliphatic hydroxyl groups excluding tert-OH is 1. The van der Waals surface area contributed by atoms with Gasteiger partial charge >= 0.3 is 12.2 Å². The van der Waals surface area contributed by atoms with Crippen LogP contribution >= 0.6 is 0 Å². The third-order valence-corrected chi connectivity index (χ3v) is 4.32. The van der Waals surface area contributed by atoms with Gasteiger partial charge in [-0.25, -0.2) is 23.5 Å². The van der Waals surface area contributed by atoms with E-state index in [-0.39, 0.29) is 29.1 Å². The zero-order valence-electron chi connectivity index (χ0n) is 16.7. The molecule has 0 spiro atoms. The average molecular weight is 459 g/mol. The summed E-state index contributed by atoms with van der Waals surface area (Å²) in [7, 11) is 0. The number of anilines is 2. The molecule has 2 atom stereocenters. The van der Waals surface area contributed by atoms with Gasteiger partial charge in [-0.2, -0.15) is 13.2 Å². The van der Waals surface area contributed by atoms with Crippen molar-refractivity contribution in [1.29, 1.82) is 0 Å². The molecule has 0 saturated heterocycles. The monoisotopic (exact) mass is 459 g/mol. The number of furan rings is 1. The quantitative estimate of drug-likeness (QED) is 0.414. The summed E-state index contributed by atoms with van der Waals surface area (Å²) >= 11 is 0. The lowest BCUT2D eigenvalue weighted by atomic mass is 10.1. The Balaban J connectivity index is 1.80. The van der Waals surface area contributed by atoms with Gasteiger partial charge < -0.3 is 25.5 Å². The van der Waals surface area contributed by atoms with Crippen molar-refractivity contribution >= 4 is 28.6 Å². The van der Waals surface area contributed by atoms with Crippen LogP contribution in [-0.2, 0) is 0 Å². The number of carbonyl (C=O) groups is 1. The lowest BCUT2D eigenvalue weighted by Crippen LogP contribution is -2.40. The van der Waals surface area contributed by atoms with E-state index in [1.165, 1.54) is 6.92 Å². The summed E-state index contributed by atoms with van der Waals surface area (Å²) < 4.78 is 73.5. The average Bonchev–Trinajstić information content (AvgIpc) is 3.01. The van der Waals surface area contributed by atoms with E-state index >= 15 is 0 Å².